The Balaban J connectivity index is 1.68. The predicted octanol–water partition coefficient (Wildman–Crippen LogP) is 9.23. The van der Waals surface area contributed by atoms with Crippen LogP contribution in [0.3, 0.4) is 0 Å². The van der Waals surface area contributed by atoms with Gasteiger partial charge in [0.25, 0.3) is 0 Å². The van der Waals surface area contributed by atoms with Gasteiger partial charge in [0.2, 0.25) is 0 Å². The van der Waals surface area contributed by atoms with Gasteiger partial charge in [0.1, 0.15) is 5.75 Å². The van der Waals surface area contributed by atoms with E-state index in [0.29, 0.717) is 30.6 Å². The smallest absolute Gasteiger partial charge is 0.400 e. The van der Waals surface area contributed by atoms with Gasteiger partial charge >= 0.3 is 16.3 Å². The minimum absolute atomic E-state index is 0.0955. The SMILES string of the molecule is CC1CCC(C2CCC(C(F)(F)Oc3cc(F)c(S(F)(F)(F)(F)F)c(F)c3)CC2)CC1. The maximum Gasteiger partial charge on any atom is 0.400 e. The first-order chi connectivity index (χ1) is 14.0. The molecule has 0 N–H and O–H groups in total. The molecule has 2 fully saturated rings. The Kier molecular flexibility index (Phi) is 5.81. The van der Waals surface area contributed by atoms with Crippen molar-refractivity contribution in [1.29, 1.82) is 0 Å². The maximum absolute atomic E-state index is 14.5. The lowest BCUT2D eigenvalue weighted by atomic mass is 9.69. The zero-order valence-electron chi connectivity index (χ0n) is 16.8. The van der Waals surface area contributed by atoms with E-state index in [1.165, 1.54) is 0 Å². The molecule has 2 aliphatic carbocycles. The minimum Gasteiger partial charge on any atom is -0.432 e. The highest BCUT2D eigenvalue weighted by molar-refractivity contribution is 8.45. The molecule has 0 unspecified atom stereocenters. The van der Waals surface area contributed by atoms with Gasteiger partial charge in [0.05, 0.1) is 5.92 Å². The van der Waals surface area contributed by atoms with Gasteiger partial charge in [-0.3, -0.25) is 0 Å². The Labute approximate surface area is 175 Å². The van der Waals surface area contributed by atoms with E-state index in [1.807, 2.05) is 0 Å². The van der Waals surface area contributed by atoms with Crippen LogP contribution in [0.5, 0.6) is 5.75 Å². The van der Waals surface area contributed by atoms with Crippen LogP contribution in [-0.2, 0) is 0 Å². The molecule has 0 bridgehead atoms. The molecular formula is C20H25F9OS. The molecule has 0 spiro atoms. The van der Waals surface area contributed by atoms with Crippen molar-refractivity contribution in [3.8, 4) is 5.75 Å². The molecule has 1 aromatic rings. The normalized spacial score (nSPS) is 30.4. The Morgan fingerprint density at radius 1 is 0.774 bits per heavy atom. The molecule has 2 aliphatic rings. The summed E-state index contributed by atoms with van der Waals surface area (Å²) in [6.07, 6.45) is 1.69. The van der Waals surface area contributed by atoms with E-state index in [1.54, 1.807) is 0 Å². The van der Waals surface area contributed by atoms with Gasteiger partial charge in [-0.2, -0.15) is 8.78 Å². The van der Waals surface area contributed by atoms with Gasteiger partial charge in [-0.05, 0) is 56.3 Å². The fourth-order valence-electron chi connectivity index (χ4n) is 4.89. The van der Waals surface area contributed by atoms with E-state index >= 15 is 0 Å². The summed E-state index contributed by atoms with van der Waals surface area (Å²) in [7, 11) is -10.7. The van der Waals surface area contributed by atoms with E-state index < -0.39 is 44.5 Å². The van der Waals surface area contributed by atoms with Gasteiger partial charge < -0.3 is 4.74 Å². The molecule has 0 aliphatic heterocycles. The van der Waals surface area contributed by atoms with E-state index in [-0.39, 0.29) is 25.0 Å². The average molecular weight is 484 g/mol. The molecule has 0 atom stereocenters. The van der Waals surface area contributed by atoms with Gasteiger partial charge in [0, 0.05) is 12.1 Å². The third-order valence-corrected chi connectivity index (χ3v) is 7.75. The molecular weight excluding hydrogens is 459 g/mol. The molecule has 0 saturated heterocycles. The first kappa shape index (κ1) is 24.4. The number of alkyl halides is 2. The van der Waals surface area contributed by atoms with Gasteiger partial charge in [0.15, 0.2) is 16.5 Å². The second kappa shape index (κ2) is 7.38. The number of ether oxygens (including phenoxy) is 1. The predicted molar refractivity (Wildman–Crippen MR) is 99.9 cm³/mol. The van der Waals surface area contributed by atoms with Crippen molar-refractivity contribution in [1.82, 2.24) is 0 Å². The monoisotopic (exact) mass is 484 g/mol. The molecule has 180 valence electrons. The summed E-state index contributed by atoms with van der Waals surface area (Å²) in [5, 5.41) is 0. The van der Waals surface area contributed by atoms with Crippen LogP contribution in [0.1, 0.15) is 58.3 Å². The molecule has 31 heavy (non-hydrogen) atoms. The van der Waals surface area contributed by atoms with Crippen LogP contribution in [0.25, 0.3) is 0 Å². The highest BCUT2D eigenvalue weighted by atomic mass is 32.5. The van der Waals surface area contributed by atoms with Crippen LogP contribution in [-0.4, -0.2) is 6.11 Å². The van der Waals surface area contributed by atoms with Crippen molar-refractivity contribution in [2.45, 2.75) is 69.3 Å². The minimum atomic E-state index is -10.7. The zero-order valence-corrected chi connectivity index (χ0v) is 17.7. The van der Waals surface area contributed by atoms with E-state index in [9.17, 15) is 37.0 Å². The first-order valence-corrected chi connectivity index (χ1v) is 12.2. The Hall–Kier alpha value is -1.26. The van der Waals surface area contributed by atoms with Crippen LogP contribution in [0.2, 0.25) is 0 Å². The summed E-state index contributed by atoms with van der Waals surface area (Å²) in [5.74, 6) is -6.49. The van der Waals surface area contributed by atoms with Crippen LogP contribution >= 0.6 is 10.2 Å². The fraction of sp³-hybridized carbons (Fsp3) is 0.700. The number of hydrogen-bond donors (Lipinski definition) is 0. The fourth-order valence-corrected chi connectivity index (χ4v) is 5.74. The Morgan fingerprint density at radius 2 is 1.19 bits per heavy atom. The maximum atomic E-state index is 14.5. The molecule has 0 aromatic heterocycles. The van der Waals surface area contributed by atoms with Crippen molar-refractivity contribution >= 4 is 10.2 Å². The number of benzene rings is 1. The van der Waals surface area contributed by atoms with E-state index in [0.717, 1.165) is 25.7 Å². The van der Waals surface area contributed by atoms with Crippen molar-refractivity contribution in [2.75, 3.05) is 0 Å². The van der Waals surface area contributed by atoms with Crippen molar-refractivity contribution in [2.24, 2.45) is 23.7 Å². The van der Waals surface area contributed by atoms with Crippen LogP contribution in [0, 0.1) is 35.3 Å². The standard InChI is InChI=1S/C20H25F9OS/c1-12-2-4-13(5-3-12)14-6-8-15(9-7-14)20(23,24)30-16-10-17(21)19(18(22)11-16)31(25,26,27,28)29/h10-15H,2-9H2,1H3. The van der Waals surface area contributed by atoms with Crippen LogP contribution in [0.4, 0.5) is 37.0 Å². The second-order valence-corrected chi connectivity index (χ2v) is 11.3. The summed E-state index contributed by atoms with van der Waals surface area (Å²) in [6, 6.07) is -0.557. The molecule has 0 amide bonds. The third kappa shape index (κ3) is 5.76. The third-order valence-electron chi connectivity index (χ3n) is 6.59. The lowest BCUT2D eigenvalue weighted by Crippen LogP contribution is -2.38. The zero-order chi connectivity index (χ0) is 23.3. The highest BCUT2D eigenvalue weighted by Gasteiger charge is 2.69. The number of hydrogen-bond acceptors (Lipinski definition) is 1. The molecule has 0 radical (unpaired) electrons. The Bertz CT molecular complexity index is 785. The summed E-state index contributed by atoms with van der Waals surface area (Å²) in [4.78, 5) is -3.36. The molecule has 2 saturated carbocycles. The molecule has 1 aromatic carbocycles. The summed E-state index contributed by atoms with van der Waals surface area (Å²) >= 11 is 0. The van der Waals surface area contributed by atoms with Gasteiger partial charge in [-0.25, -0.2) is 8.78 Å². The molecule has 0 heterocycles. The summed E-state index contributed by atoms with van der Waals surface area (Å²) < 4.78 is 125. The van der Waals surface area contributed by atoms with Crippen molar-refractivity contribution in [3.05, 3.63) is 23.8 Å². The molecule has 11 heteroatoms. The number of rotatable bonds is 5. The first-order valence-electron chi connectivity index (χ1n) is 10.3. The van der Waals surface area contributed by atoms with Crippen LogP contribution in [0.15, 0.2) is 17.0 Å². The van der Waals surface area contributed by atoms with E-state index in [2.05, 4.69) is 11.7 Å². The number of halogens is 9. The van der Waals surface area contributed by atoms with Gasteiger partial charge in [-0.1, -0.05) is 39.2 Å². The average Bonchev–Trinajstić information content (AvgIpc) is 2.59. The van der Waals surface area contributed by atoms with Gasteiger partial charge in [-0.15, -0.1) is 0 Å². The second-order valence-electron chi connectivity index (χ2n) is 8.98. The Morgan fingerprint density at radius 3 is 1.61 bits per heavy atom. The lowest BCUT2D eigenvalue weighted by Gasteiger charge is -2.40. The largest absolute Gasteiger partial charge is 0.432 e. The van der Waals surface area contributed by atoms with Crippen LogP contribution < -0.4 is 4.74 Å². The summed E-state index contributed by atoms with van der Waals surface area (Å²) in [6.45, 7) is 2.18. The highest BCUT2D eigenvalue weighted by Crippen LogP contribution is 3.02. The topological polar surface area (TPSA) is 9.23 Å². The van der Waals surface area contributed by atoms with Crippen molar-refractivity contribution in [3.63, 3.8) is 0 Å². The van der Waals surface area contributed by atoms with Crippen molar-refractivity contribution < 1.29 is 41.7 Å². The lowest BCUT2D eigenvalue weighted by molar-refractivity contribution is -0.224. The molecule has 3 rings (SSSR count). The van der Waals surface area contributed by atoms with E-state index in [4.69, 9.17) is 0 Å². The summed E-state index contributed by atoms with van der Waals surface area (Å²) in [5.41, 5.74) is 0. The molecule has 1 nitrogen and oxygen atoms in total. The quantitative estimate of drug-likeness (QED) is 0.379.